The van der Waals surface area contributed by atoms with Crippen LogP contribution in [0.5, 0.6) is 0 Å². The highest BCUT2D eigenvalue weighted by Crippen LogP contribution is 2.49. The highest BCUT2D eigenvalue weighted by Gasteiger charge is 2.35. The summed E-state index contributed by atoms with van der Waals surface area (Å²) in [5.41, 5.74) is 8.49. The van der Waals surface area contributed by atoms with Gasteiger partial charge < -0.3 is 24.7 Å². The normalized spacial score (nSPS) is 13.8. The van der Waals surface area contributed by atoms with Gasteiger partial charge in [0.25, 0.3) is 0 Å². The molecule has 1 aliphatic carbocycles. The van der Waals surface area contributed by atoms with Crippen molar-refractivity contribution in [3.63, 3.8) is 0 Å². The Morgan fingerprint density at radius 2 is 1.18 bits per heavy atom. The monoisotopic (exact) mass is 447 g/mol. The molecule has 7 heteroatoms. The Morgan fingerprint density at radius 3 is 1.76 bits per heavy atom. The van der Waals surface area contributed by atoms with Crippen LogP contribution in [0, 0.1) is 0 Å². The van der Waals surface area contributed by atoms with Crippen LogP contribution in [0.4, 0.5) is 0 Å². The number of hydrogen-bond donors (Lipinski definition) is 4. The zero-order chi connectivity index (χ0) is 23.8. The molecule has 0 spiro atoms. The van der Waals surface area contributed by atoms with E-state index in [1.54, 1.807) is 24.3 Å². The van der Waals surface area contributed by atoms with Gasteiger partial charge in [-0.25, -0.2) is 0 Å². The summed E-state index contributed by atoms with van der Waals surface area (Å²) in [6, 6.07) is 25.7. The summed E-state index contributed by atoms with van der Waals surface area (Å²) in [6.45, 7) is 4.49. The van der Waals surface area contributed by atoms with Crippen LogP contribution in [-0.2, 0) is 5.41 Å². The van der Waals surface area contributed by atoms with Gasteiger partial charge >= 0.3 is 14.2 Å². The van der Waals surface area contributed by atoms with E-state index in [0.717, 1.165) is 27.5 Å². The van der Waals surface area contributed by atoms with Crippen molar-refractivity contribution in [3.05, 3.63) is 90.0 Å². The van der Waals surface area contributed by atoms with Crippen molar-refractivity contribution in [2.75, 3.05) is 0 Å². The van der Waals surface area contributed by atoms with Crippen molar-refractivity contribution >= 4 is 47.0 Å². The average molecular weight is 447 g/mol. The molecule has 0 atom stereocenters. The molecule has 4 aromatic carbocycles. The highest BCUT2D eigenvalue weighted by molar-refractivity contribution is 6.59. The molecule has 0 aliphatic heterocycles. The van der Waals surface area contributed by atoms with E-state index in [4.69, 9.17) is 0 Å². The summed E-state index contributed by atoms with van der Waals surface area (Å²) in [7, 11) is -3.18. The fraction of sp³-hybridized carbons (Fsp3) is 0.111. The van der Waals surface area contributed by atoms with Crippen LogP contribution in [0.15, 0.2) is 78.9 Å². The number of hydrogen-bond acceptors (Lipinski definition) is 4. The maximum Gasteiger partial charge on any atom is 0.488 e. The van der Waals surface area contributed by atoms with Crippen LogP contribution in [0.3, 0.4) is 0 Å². The molecule has 0 radical (unpaired) electrons. The van der Waals surface area contributed by atoms with E-state index in [9.17, 15) is 20.1 Å². The molecule has 0 saturated carbocycles. The molecule has 0 amide bonds. The van der Waals surface area contributed by atoms with E-state index >= 15 is 0 Å². The van der Waals surface area contributed by atoms with Gasteiger partial charge in [0.2, 0.25) is 0 Å². The topological polar surface area (TPSA) is 85.9 Å². The Bertz CT molecular complexity index is 1540. The van der Waals surface area contributed by atoms with Crippen molar-refractivity contribution in [1.82, 2.24) is 4.57 Å². The predicted octanol–water partition coefficient (Wildman–Crippen LogP) is 2.45. The average Bonchev–Trinajstić information content (AvgIpc) is 3.27. The van der Waals surface area contributed by atoms with Crippen LogP contribution in [0.2, 0.25) is 0 Å². The molecule has 1 aliphatic rings. The lowest BCUT2D eigenvalue weighted by molar-refractivity contribution is 0.424. The fourth-order valence-corrected chi connectivity index (χ4v) is 5.49. The molecule has 6 rings (SSSR count). The number of benzene rings is 4. The second-order valence-electron chi connectivity index (χ2n) is 9.54. The zero-order valence-corrected chi connectivity index (χ0v) is 18.9. The third-order valence-corrected chi connectivity index (χ3v) is 7.23. The lowest BCUT2D eigenvalue weighted by Crippen LogP contribution is -2.29. The van der Waals surface area contributed by atoms with Gasteiger partial charge in [-0.1, -0.05) is 68.4 Å². The molecule has 0 unspecified atom stereocenters. The van der Waals surface area contributed by atoms with Crippen LogP contribution in [0.1, 0.15) is 25.0 Å². The van der Waals surface area contributed by atoms with Crippen molar-refractivity contribution in [2.24, 2.45) is 0 Å². The maximum atomic E-state index is 9.74. The number of fused-ring (bicyclic) bond motifs is 6. The summed E-state index contributed by atoms with van der Waals surface area (Å²) >= 11 is 0. The summed E-state index contributed by atoms with van der Waals surface area (Å²) in [5.74, 6) is 0. The Labute approximate surface area is 197 Å². The minimum atomic E-state index is -1.59. The highest BCUT2D eigenvalue weighted by atomic mass is 16.4. The van der Waals surface area contributed by atoms with E-state index in [2.05, 4.69) is 60.9 Å². The van der Waals surface area contributed by atoms with Crippen molar-refractivity contribution in [2.45, 2.75) is 19.3 Å². The van der Waals surface area contributed by atoms with Crippen molar-refractivity contribution in [1.29, 1.82) is 0 Å². The first kappa shape index (κ1) is 21.2. The lowest BCUT2D eigenvalue weighted by Gasteiger charge is -2.22. The second-order valence-corrected chi connectivity index (χ2v) is 9.54. The number of rotatable bonds is 3. The Kier molecular flexibility index (Phi) is 4.57. The first-order valence-electron chi connectivity index (χ1n) is 11.3. The summed E-state index contributed by atoms with van der Waals surface area (Å²) in [5, 5.41) is 40.6. The van der Waals surface area contributed by atoms with Gasteiger partial charge in [-0.15, -0.1) is 0 Å². The van der Waals surface area contributed by atoms with E-state index in [1.807, 2.05) is 12.1 Å². The largest absolute Gasteiger partial charge is 0.488 e. The Morgan fingerprint density at radius 1 is 0.618 bits per heavy atom. The number of aromatic nitrogens is 1. The van der Waals surface area contributed by atoms with Crippen LogP contribution < -0.4 is 10.9 Å². The molecule has 1 heterocycles. The van der Waals surface area contributed by atoms with Crippen molar-refractivity contribution in [3.8, 4) is 16.8 Å². The van der Waals surface area contributed by atoms with Gasteiger partial charge in [0.15, 0.2) is 0 Å². The van der Waals surface area contributed by atoms with Crippen LogP contribution in [0.25, 0.3) is 38.6 Å². The minimum Gasteiger partial charge on any atom is -0.423 e. The van der Waals surface area contributed by atoms with Gasteiger partial charge in [-0.2, -0.15) is 0 Å². The molecule has 0 fully saturated rings. The molecule has 34 heavy (non-hydrogen) atoms. The van der Waals surface area contributed by atoms with Crippen LogP contribution in [-0.4, -0.2) is 38.9 Å². The molecule has 5 aromatic rings. The van der Waals surface area contributed by atoms with Gasteiger partial charge in [0, 0.05) is 21.9 Å². The van der Waals surface area contributed by atoms with E-state index in [0.29, 0.717) is 10.9 Å². The van der Waals surface area contributed by atoms with Crippen LogP contribution >= 0.6 is 0 Å². The van der Waals surface area contributed by atoms with Gasteiger partial charge in [-0.05, 0) is 57.4 Å². The molecule has 166 valence electrons. The lowest BCUT2D eigenvalue weighted by atomic mass is 9.78. The Balaban J connectivity index is 1.65. The second kappa shape index (κ2) is 7.32. The quantitative estimate of drug-likeness (QED) is 0.321. The van der Waals surface area contributed by atoms with Gasteiger partial charge in [-0.3, -0.25) is 0 Å². The fourth-order valence-electron chi connectivity index (χ4n) is 5.49. The minimum absolute atomic E-state index is 0.136. The molecule has 0 saturated heterocycles. The van der Waals surface area contributed by atoms with E-state index in [-0.39, 0.29) is 5.41 Å². The molecular formula is C27H23B2NO4. The molecule has 4 N–H and O–H groups in total. The third-order valence-electron chi connectivity index (χ3n) is 7.23. The number of nitrogens with zero attached hydrogens (tertiary/aromatic N) is 1. The van der Waals surface area contributed by atoms with Gasteiger partial charge in [0.05, 0.1) is 11.0 Å². The molecule has 1 aromatic heterocycles. The van der Waals surface area contributed by atoms with E-state index in [1.165, 1.54) is 22.3 Å². The first-order valence-corrected chi connectivity index (χ1v) is 11.3. The summed E-state index contributed by atoms with van der Waals surface area (Å²) in [6.07, 6.45) is 0. The third kappa shape index (κ3) is 2.92. The van der Waals surface area contributed by atoms with E-state index < -0.39 is 14.2 Å². The SMILES string of the molecule is CC1(C)c2ccccc2-c2ccc(-n3c4ccc(B(O)O)cc4c4cc(B(O)O)ccc43)cc21. The maximum absolute atomic E-state index is 9.74. The summed E-state index contributed by atoms with van der Waals surface area (Å²) in [4.78, 5) is 0. The van der Waals surface area contributed by atoms with Gasteiger partial charge in [0.1, 0.15) is 0 Å². The smallest absolute Gasteiger partial charge is 0.423 e. The summed E-state index contributed by atoms with van der Waals surface area (Å²) < 4.78 is 2.14. The first-order chi connectivity index (χ1) is 16.3. The molecule has 0 bridgehead atoms. The van der Waals surface area contributed by atoms with Crippen molar-refractivity contribution < 1.29 is 20.1 Å². The predicted molar refractivity (Wildman–Crippen MR) is 138 cm³/mol. The molecule has 5 nitrogen and oxygen atoms in total. The molecular weight excluding hydrogens is 424 g/mol. The standard InChI is InChI=1S/C27H23B2NO4/c1-27(2)23-6-4-3-5-19(23)20-10-9-18(15-24(20)27)30-25-11-7-16(28(31)32)13-21(25)22-14-17(29(33)34)8-12-26(22)30/h3-15,31-34H,1-2H3. The zero-order valence-electron chi connectivity index (χ0n) is 18.9. The Hall–Kier alpha value is -3.35.